The van der Waals surface area contributed by atoms with Crippen LogP contribution in [0.3, 0.4) is 0 Å². The van der Waals surface area contributed by atoms with Crippen molar-refractivity contribution in [3.8, 4) is 0 Å². The van der Waals surface area contributed by atoms with Crippen LogP contribution in [-0.4, -0.2) is 36.5 Å². The molecule has 1 aliphatic carbocycles. The largest absolute Gasteiger partial charge is 0.397 e. The molecule has 0 saturated heterocycles. The monoisotopic (exact) mass is 274 g/mol. The van der Waals surface area contributed by atoms with Crippen LogP contribution < -0.4 is 10.6 Å². The Morgan fingerprint density at radius 2 is 2.30 bits per heavy atom. The zero-order valence-electron chi connectivity index (χ0n) is 12.1. The quantitative estimate of drug-likeness (QED) is 0.794. The Bertz CT molecular complexity index is 591. The number of nitrogens with two attached hydrogens (primary N) is 1. The van der Waals surface area contributed by atoms with Crippen molar-refractivity contribution in [2.45, 2.75) is 25.8 Å². The van der Waals surface area contributed by atoms with Gasteiger partial charge in [0.2, 0.25) is 0 Å². The normalized spacial score (nSPS) is 16.5. The van der Waals surface area contributed by atoms with Gasteiger partial charge in [-0.2, -0.15) is 5.10 Å². The Morgan fingerprint density at radius 1 is 1.50 bits per heavy atom. The highest BCUT2D eigenvalue weighted by Gasteiger charge is 2.32. The summed E-state index contributed by atoms with van der Waals surface area (Å²) in [5.74, 6) is 0.781. The molecule has 108 valence electrons. The molecule has 0 spiro atoms. The Hall–Kier alpha value is -1.75. The van der Waals surface area contributed by atoms with Crippen molar-refractivity contribution in [3.05, 3.63) is 18.3 Å². The lowest BCUT2D eigenvalue weighted by atomic mass is 10.1. The fourth-order valence-corrected chi connectivity index (χ4v) is 2.81. The fraction of sp³-hybridized carbons (Fsp3) is 0.533. The van der Waals surface area contributed by atoms with E-state index in [1.165, 1.54) is 12.8 Å². The highest BCUT2D eigenvalue weighted by molar-refractivity contribution is 5.89. The highest BCUT2D eigenvalue weighted by atomic mass is 16.5. The van der Waals surface area contributed by atoms with Crippen LogP contribution in [0.2, 0.25) is 0 Å². The number of hydrogen-bond acceptors (Lipinski definition) is 4. The molecule has 1 unspecified atom stereocenters. The first-order valence-electron chi connectivity index (χ1n) is 7.19. The molecular weight excluding hydrogens is 252 g/mol. The van der Waals surface area contributed by atoms with Gasteiger partial charge >= 0.3 is 0 Å². The molecule has 1 saturated carbocycles. The number of anilines is 2. The van der Waals surface area contributed by atoms with Crippen molar-refractivity contribution in [1.29, 1.82) is 0 Å². The van der Waals surface area contributed by atoms with Gasteiger partial charge < -0.3 is 15.4 Å². The number of aromatic nitrogens is 2. The standard InChI is InChI=1S/C15H22N4O/c1-10(11-3-4-11)19(5-6-20-2)15-8-14-12(7-13(15)16)9-17-18-14/h7-11H,3-6,16H2,1-2H3,(H,17,18). The molecule has 5 heteroatoms. The van der Waals surface area contributed by atoms with E-state index in [0.29, 0.717) is 12.6 Å². The second-order valence-electron chi connectivity index (χ2n) is 5.63. The van der Waals surface area contributed by atoms with Crippen LogP contribution in [0.4, 0.5) is 11.4 Å². The second kappa shape index (κ2) is 5.32. The molecule has 1 atom stereocenters. The van der Waals surface area contributed by atoms with Gasteiger partial charge in [0.05, 0.1) is 29.7 Å². The van der Waals surface area contributed by atoms with E-state index >= 15 is 0 Å². The summed E-state index contributed by atoms with van der Waals surface area (Å²) in [5, 5.41) is 8.14. The minimum atomic E-state index is 0.493. The number of aromatic amines is 1. The Morgan fingerprint density at radius 3 is 3.00 bits per heavy atom. The lowest BCUT2D eigenvalue weighted by molar-refractivity contribution is 0.203. The number of nitrogens with one attached hydrogen (secondary N) is 1. The summed E-state index contributed by atoms with van der Waals surface area (Å²) in [4.78, 5) is 2.37. The van der Waals surface area contributed by atoms with E-state index in [1.807, 2.05) is 6.07 Å². The molecule has 3 rings (SSSR count). The van der Waals surface area contributed by atoms with Gasteiger partial charge in [0, 0.05) is 25.1 Å². The SMILES string of the molecule is COCCN(c1cc2[nH]ncc2cc1N)C(C)C1CC1. The third-order valence-corrected chi connectivity index (χ3v) is 4.23. The summed E-state index contributed by atoms with van der Waals surface area (Å²) in [5.41, 5.74) is 9.17. The maximum Gasteiger partial charge on any atom is 0.0672 e. The third kappa shape index (κ3) is 2.45. The molecule has 0 amide bonds. The van der Waals surface area contributed by atoms with E-state index in [9.17, 15) is 0 Å². The zero-order chi connectivity index (χ0) is 14.1. The van der Waals surface area contributed by atoms with E-state index in [4.69, 9.17) is 10.5 Å². The molecule has 1 aliphatic rings. The number of nitrogen functional groups attached to an aromatic ring is 1. The summed E-state index contributed by atoms with van der Waals surface area (Å²) in [7, 11) is 1.74. The number of nitrogens with zero attached hydrogens (tertiary/aromatic N) is 2. The molecule has 1 aromatic carbocycles. The molecular formula is C15H22N4O. The molecule has 5 nitrogen and oxygen atoms in total. The van der Waals surface area contributed by atoms with E-state index in [2.05, 4.69) is 28.1 Å². The molecule has 3 N–H and O–H groups in total. The first kappa shape index (κ1) is 13.2. The van der Waals surface area contributed by atoms with Crippen molar-refractivity contribution in [1.82, 2.24) is 10.2 Å². The highest BCUT2D eigenvalue weighted by Crippen LogP contribution is 2.39. The van der Waals surface area contributed by atoms with Gasteiger partial charge in [-0.1, -0.05) is 0 Å². The van der Waals surface area contributed by atoms with Gasteiger partial charge in [-0.25, -0.2) is 0 Å². The molecule has 0 bridgehead atoms. The van der Waals surface area contributed by atoms with Crippen molar-refractivity contribution < 1.29 is 4.74 Å². The van der Waals surface area contributed by atoms with E-state index in [0.717, 1.165) is 34.7 Å². The van der Waals surface area contributed by atoms with E-state index in [-0.39, 0.29) is 0 Å². The van der Waals surface area contributed by atoms with E-state index in [1.54, 1.807) is 13.3 Å². The molecule has 2 aromatic rings. The number of benzene rings is 1. The lowest BCUT2D eigenvalue weighted by Crippen LogP contribution is -2.37. The molecule has 0 radical (unpaired) electrons. The average molecular weight is 274 g/mol. The topological polar surface area (TPSA) is 67.2 Å². The van der Waals surface area contributed by atoms with Gasteiger partial charge in [0.15, 0.2) is 0 Å². The molecule has 1 heterocycles. The van der Waals surface area contributed by atoms with Crippen LogP contribution in [0.1, 0.15) is 19.8 Å². The predicted molar refractivity (Wildman–Crippen MR) is 81.9 cm³/mol. The smallest absolute Gasteiger partial charge is 0.0672 e. The zero-order valence-corrected chi connectivity index (χ0v) is 12.1. The average Bonchev–Trinajstić information content (AvgIpc) is 3.19. The number of methoxy groups -OCH3 is 1. The second-order valence-corrected chi connectivity index (χ2v) is 5.63. The third-order valence-electron chi connectivity index (χ3n) is 4.23. The minimum Gasteiger partial charge on any atom is -0.397 e. The molecule has 20 heavy (non-hydrogen) atoms. The van der Waals surface area contributed by atoms with Crippen LogP contribution in [0.5, 0.6) is 0 Å². The molecule has 1 fully saturated rings. The first-order chi connectivity index (χ1) is 9.70. The van der Waals surface area contributed by atoms with Crippen molar-refractivity contribution in [2.24, 2.45) is 5.92 Å². The van der Waals surface area contributed by atoms with Crippen LogP contribution in [-0.2, 0) is 4.74 Å². The van der Waals surface area contributed by atoms with Gasteiger partial charge in [0.1, 0.15) is 0 Å². The van der Waals surface area contributed by atoms with Crippen LogP contribution >= 0.6 is 0 Å². The van der Waals surface area contributed by atoms with Crippen molar-refractivity contribution >= 4 is 22.3 Å². The van der Waals surface area contributed by atoms with Gasteiger partial charge in [0.25, 0.3) is 0 Å². The molecule has 1 aromatic heterocycles. The number of H-pyrrole nitrogens is 1. The summed E-state index contributed by atoms with van der Waals surface area (Å²) in [6, 6.07) is 4.59. The van der Waals surface area contributed by atoms with Crippen LogP contribution in [0.25, 0.3) is 10.9 Å². The summed E-state index contributed by atoms with van der Waals surface area (Å²) < 4.78 is 5.25. The van der Waals surface area contributed by atoms with Gasteiger partial charge in [-0.3, -0.25) is 5.10 Å². The van der Waals surface area contributed by atoms with Crippen molar-refractivity contribution in [3.63, 3.8) is 0 Å². The first-order valence-corrected chi connectivity index (χ1v) is 7.19. The van der Waals surface area contributed by atoms with Gasteiger partial charge in [-0.05, 0) is 37.8 Å². The van der Waals surface area contributed by atoms with Gasteiger partial charge in [-0.15, -0.1) is 0 Å². The summed E-state index contributed by atoms with van der Waals surface area (Å²) in [6.45, 7) is 3.85. The number of fused-ring (bicyclic) bond motifs is 1. The maximum absolute atomic E-state index is 6.25. The minimum absolute atomic E-state index is 0.493. The fourth-order valence-electron chi connectivity index (χ4n) is 2.81. The summed E-state index contributed by atoms with van der Waals surface area (Å²) >= 11 is 0. The van der Waals surface area contributed by atoms with Crippen LogP contribution in [0, 0.1) is 5.92 Å². The number of rotatable bonds is 6. The number of ether oxygens (including phenoxy) is 1. The Labute approximate surface area is 119 Å². The van der Waals surface area contributed by atoms with Crippen molar-refractivity contribution in [2.75, 3.05) is 30.9 Å². The Balaban J connectivity index is 1.95. The number of hydrogen-bond donors (Lipinski definition) is 2. The lowest BCUT2D eigenvalue weighted by Gasteiger charge is -2.32. The van der Waals surface area contributed by atoms with E-state index < -0.39 is 0 Å². The Kier molecular flexibility index (Phi) is 3.53. The van der Waals surface area contributed by atoms with Crippen LogP contribution in [0.15, 0.2) is 18.3 Å². The maximum atomic E-state index is 6.25. The predicted octanol–water partition coefficient (Wildman–Crippen LogP) is 2.40. The molecule has 0 aliphatic heterocycles. The summed E-state index contributed by atoms with van der Waals surface area (Å²) in [6.07, 6.45) is 4.44.